The highest BCUT2D eigenvalue weighted by atomic mass is 16.3. The van der Waals surface area contributed by atoms with Gasteiger partial charge in [0.05, 0.1) is 6.10 Å². The molecule has 0 aliphatic heterocycles. The first kappa shape index (κ1) is 14.0. The van der Waals surface area contributed by atoms with E-state index in [1.54, 1.807) is 0 Å². The van der Waals surface area contributed by atoms with Crippen LogP contribution in [0.2, 0.25) is 0 Å². The Balaban J connectivity index is 2.31. The largest absolute Gasteiger partial charge is 0.398 e. The molecule has 3 nitrogen and oxygen atoms in total. The van der Waals surface area contributed by atoms with Gasteiger partial charge >= 0.3 is 0 Å². The van der Waals surface area contributed by atoms with Crippen LogP contribution in [0.5, 0.6) is 0 Å². The second kappa shape index (κ2) is 6.03. The van der Waals surface area contributed by atoms with Crippen LogP contribution in [0.3, 0.4) is 0 Å². The van der Waals surface area contributed by atoms with Crippen molar-refractivity contribution >= 4 is 5.69 Å². The molecule has 1 rings (SSSR count). The van der Waals surface area contributed by atoms with Crippen LogP contribution in [0.4, 0.5) is 5.69 Å². The Hall–Kier alpha value is -1.06. The highest BCUT2D eigenvalue weighted by Crippen LogP contribution is 2.20. The van der Waals surface area contributed by atoms with Crippen LogP contribution in [0.1, 0.15) is 32.8 Å². The first-order valence-electron chi connectivity index (χ1n) is 6.10. The first-order chi connectivity index (χ1) is 7.88. The molecule has 4 N–H and O–H groups in total. The Bertz CT molecular complexity index is 344. The van der Waals surface area contributed by atoms with Gasteiger partial charge in [0.25, 0.3) is 0 Å². The summed E-state index contributed by atoms with van der Waals surface area (Å²) in [5, 5.41) is 13.1. The number of hydrogen-bond donors (Lipinski definition) is 3. The zero-order valence-corrected chi connectivity index (χ0v) is 11.0. The molecule has 0 saturated carbocycles. The number of nitrogens with one attached hydrogen (secondary N) is 1. The summed E-state index contributed by atoms with van der Waals surface area (Å²) < 4.78 is 0. The molecule has 0 aliphatic carbocycles. The number of benzene rings is 1. The molecule has 0 saturated heterocycles. The molecule has 1 aromatic rings. The summed E-state index contributed by atoms with van der Waals surface area (Å²) in [6.45, 7) is 7.70. The summed E-state index contributed by atoms with van der Waals surface area (Å²) >= 11 is 0. The number of para-hydroxylation sites is 1. The maximum atomic E-state index is 9.84. The maximum Gasteiger partial charge on any atom is 0.0669 e. The Morgan fingerprint density at radius 3 is 2.53 bits per heavy atom. The van der Waals surface area contributed by atoms with E-state index >= 15 is 0 Å². The van der Waals surface area contributed by atoms with Gasteiger partial charge in [-0.25, -0.2) is 0 Å². The van der Waals surface area contributed by atoms with Crippen molar-refractivity contribution in [3.63, 3.8) is 0 Å². The van der Waals surface area contributed by atoms with Crippen molar-refractivity contribution in [2.75, 3.05) is 12.3 Å². The molecule has 96 valence electrons. The summed E-state index contributed by atoms with van der Waals surface area (Å²) in [6.07, 6.45) is 0.490. The summed E-state index contributed by atoms with van der Waals surface area (Å²) in [4.78, 5) is 0. The van der Waals surface area contributed by atoms with Crippen molar-refractivity contribution in [3.8, 4) is 0 Å². The van der Waals surface area contributed by atoms with Gasteiger partial charge in [0, 0.05) is 18.8 Å². The number of hydrogen-bond acceptors (Lipinski definition) is 3. The Labute approximate surface area is 104 Å². The lowest BCUT2D eigenvalue weighted by atomic mass is 9.89. The third-order valence-electron chi connectivity index (χ3n) is 2.60. The van der Waals surface area contributed by atoms with Crippen LogP contribution in [-0.2, 0) is 6.54 Å². The Morgan fingerprint density at radius 1 is 1.29 bits per heavy atom. The third kappa shape index (κ3) is 5.71. The quantitative estimate of drug-likeness (QED) is 0.687. The second-order valence-corrected chi connectivity index (χ2v) is 5.75. The van der Waals surface area contributed by atoms with Crippen molar-refractivity contribution in [2.45, 2.75) is 39.8 Å². The van der Waals surface area contributed by atoms with Gasteiger partial charge < -0.3 is 16.2 Å². The predicted molar refractivity (Wildman–Crippen MR) is 72.6 cm³/mol. The van der Waals surface area contributed by atoms with Crippen molar-refractivity contribution < 1.29 is 5.11 Å². The average Bonchev–Trinajstić information content (AvgIpc) is 2.18. The summed E-state index contributed by atoms with van der Waals surface area (Å²) in [7, 11) is 0. The lowest BCUT2D eigenvalue weighted by molar-refractivity contribution is 0.119. The molecular weight excluding hydrogens is 212 g/mol. The minimum absolute atomic E-state index is 0.160. The molecule has 0 aromatic heterocycles. The second-order valence-electron chi connectivity index (χ2n) is 5.75. The average molecular weight is 236 g/mol. The molecule has 0 heterocycles. The van der Waals surface area contributed by atoms with Crippen LogP contribution in [0, 0.1) is 5.41 Å². The molecular formula is C14H24N2O. The van der Waals surface area contributed by atoms with Crippen molar-refractivity contribution in [3.05, 3.63) is 29.8 Å². The lowest BCUT2D eigenvalue weighted by Gasteiger charge is -2.22. The number of aliphatic hydroxyl groups is 1. The van der Waals surface area contributed by atoms with Crippen LogP contribution < -0.4 is 11.1 Å². The smallest absolute Gasteiger partial charge is 0.0669 e. The highest BCUT2D eigenvalue weighted by molar-refractivity contribution is 5.46. The van der Waals surface area contributed by atoms with E-state index in [9.17, 15) is 5.11 Å². The van der Waals surface area contributed by atoms with E-state index in [1.807, 2.05) is 24.3 Å². The molecule has 0 spiro atoms. The zero-order chi connectivity index (χ0) is 12.9. The van der Waals surface area contributed by atoms with Crippen molar-refractivity contribution in [1.29, 1.82) is 0 Å². The number of nitrogen functional groups attached to an aromatic ring is 1. The number of rotatable bonds is 5. The van der Waals surface area contributed by atoms with Gasteiger partial charge in [-0.2, -0.15) is 0 Å². The predicted octanol–water partition coefficient (Wildman–Crippen LogP) is 2.16. The van der Waals surface area contributed by atoms with E-state index in [1.165, 1.54) is 0 Å². The molecule has 17 heavy (non-hydrogen) atoms. The molecule has 1 unspecified atom stereocenters. The first-order valence-corrected chi connectivity index (χ1v) is 6.10. The fourth-order valence-corrected chi connectivity index (χ4v) is 1.85. The molecule has 0 aliphatic rings. The van der Waals surface area contributed by atoms with E-state index in [0.717, 1.165) is 17.7 Å². The van der Waals surface area contributed by atoms with Gasteiger partial charge in [0.2, 0.25) is 0 Å². The molecule has 0 bridgehead atoms. The maximum absolute atomic E-state index is 9.84. The number of anilines is 1. The van der Waals surface area contributed by atoms with Crippen LogP contribution in [-0.4, -0.2) is 17.8 Å². The fraction of sp³-hybridized carbons (Fsp3) is 0.571. The van der Waals surface area contributed by atoms with E-state index in [4.69, 9.17) is 5.73 Å². The summed E-state index contributed by atoms with van der Waals surface area (Å²) in [6, 6.07) is 7.79. The van der Waals surface area contributed by atoms with Gasteiger partial charge in [0.15, 0.2) is 0 Å². The van der Waals surface area contributed by atoms with E-state index in [-0.39, 0.29) is 11.5 Å². The van der Waals surface area contributed by atoms with E-state index < -0.39 is 0 Å². The van der Waals surface area contributed by atoms with Gasteiger partial charge in [-0.15, -0.1) is 0 Å². The molecule has 3 heteroatoms. The van der Waals surface area contributed by atoms with Gasteiger partial charge in [-0.1, -0.05) is 39.0 Å². The number of aliphatic hydroxyl groups excluding tert-OH is 1. The summed E-state index contributed by atoms with van der Waals surface area (Å²) in [5.41, 5.74) is 7.87. The minimum atomic E-state index is -0.306. The SMILES string of the molecule is CC(C)(C)CC(O)CNCc1ccccc1N. The number of nitrogens with two attached hydrogens (primary N) is 1. The Morgan fingerprint density at radius 2 is 1.94 bits per heavy atom. The van der Waals surface area contributed by atoms with Gasteiger partial charge in [-0.05, 0) is 23.5 Å². The van der Waals surface area contributed by atoms with Crippen molar-refractivity contribution in [2.24, 2.45) is 5.41 Å². The van der Waals surface area contributed by atoms with Crippen molar-refractivity contribution in [1.82, 2.24) is 5.32 Å². The standard InChI is InChI=1S/C14H24N2O/c1-14(2,3)8-12(17)10-16-9-11-6-4-5-7-13(11)15/h4-7,12,16-17H,8-10,15H2,1-3H3. The van der Waals surface area contributed by atoms with Crippen LogP contribution in [0.15, 0.2) is 24.3 Å². The van der Waals surface area contributed by atoms with Crippen LogP contribution in [0.25, 0.3) is 0 Å². The molecule has 1 atom stereocenters. The minimum Gasteiger partial charge on any atom is -0.398 e. The topological polar surface area (TPSA) is 58.3 Å². The zero-order valence-electron chi connectivity index (χ0n) is 11.0. The van der Waals surface area contributed by atoms with E-state index in [2.05, 4.69) is 26.1 Å². The molecule has 0 radical (unpaired) electrons. The van der Waals surface area contributed by atoms with Gasteiger partial charge in [0.1, 0.15) is 0 Å². The monoisotopic (exact) mass is 236 g/mol. The van der Waals surface area contributed by atoms with Gasteiger partial charge in [-0.3, -0.25) is 0 Å². The molecule has 0 fully saturated rings. The normalized spacial score (nSPS) is 13.6. The lowest BCUT2D eigenvalue weighted by Crippen LogP contribution is -2.30. The highest BCUT2D eigenvalue weighted by Gasteiger charge is 2.16. The molecule has 1 aromatic carbocycles. The molecule has 0 amide bonds. The fourth-order valence-electron chi connectivity index (χ4n) is 1.85. The Kier molecular flexibility index (Phi) is 4.97. The van der Waals surface area contributed by atoms with Crippen LogP contribution >= 0.6 is 0 Å². The van der Waals surface area contributed by atoms with E-state index in [0.29, 0.717) is 13.1 Å². The third-order valence-corrected chi connectivity index (χ3v) is 2.60. The summed E-state index contributed by atoms with van der Waals surface area (Å²) in [5.74, 6) is 0.